The van der Waals surface area contributed by atoms with Crippen molar-refractivity contribution in [3.8, 4) is 11.8 Å². The summed E-state index contributed by atoms with van der Waals surface area (Å²) in [7, 11) is 0. The van der Waals surface area contributed by atoms with Gasteiger partial charge in [0.1, 0.15) is 11.3 Å². The molecule has 0 spiro atoms. The number of benzene rings is 1. The van der Waals surface area contributed by atoms with Gasteiger partial charge in [-0.15, -0.1) is 5.10 Å². The molecule has 2 aromatic rings. The molecule has 1 aromatic heterocycles. The highest BCUT2D eigenvalue weighted by atomic mass is 16.6. The lowest BCUT2D eigenvalue weighted by Gasteiger charge is -2.19. The predicted octanol–water partition coefficient (Wildman–Crippen LogP) is 2.16. The van der Waals surface area contributed by atoms with Gasteiger partial charge in [0.2, 0.25) is 0 Å². The number of nitrogens with one attached hydrogen (secondary N) is 1. The second-order valence-electron chi connectivity index (χ2n) is 5.67. The van der Waals surface area contributed by atoms with Crippen LogP contribution in [0.15, 0.2) is 30.5 Å². The summed E-state index contributed by atoms with van der Waals surface area (Å²) in [6.07, 6.45) is 1.21. The van der Waals surface area contributed by atoms with E-state index in [1.54, 1.807) is 55.9 Å². The topological polar surface area (TPSA) is 92.8 Å². The maximum absolute atomic E-state index is 11.6. The lowest BCUT2D eigenvalue weighted by molar-refractivity contribution is 0.0523. The maximum Gasteiger partial charge on any atom is 0.407 e. The molecule has 7 heteroatoms. The minimum absolute atomic E-state index is 0.227. The number of rotatable bonds is 3. The van der Waals surface area contributed by atoms with Crippen molar-refractivity contribution >= 4 is 6.09 Å². The van der Waals surface area contributed by atoms with E-state index in [9.17, 15) is 4.79 Å². The molecule has 0 bridgehead atoms. The number of nitrogens with zero attached hydrogens (tertiary/aromatic N) is 4. The van der Waals surface area contributed by atoms with Crippen LogP contribution in [-0.4, -0.2) is 26.7 Å². The third-order valence-corrected chi connectivity index (χ3v) is 2.61. The first-order valence-corrected chi connectivity index (χ1v) is 6.76. The average molecular weight is 299 g/mol. The molecule has 0 saturated carbocycles. The molecule has 114 valence electrons. The molecule has 0 radical (unpaired) electrons. The first-order chi connectivity index (χ1) is 10.4. The Morgan fingerprint density at radius 2 is 2.05 bits per heavy atom. The molecule has 0 fully saturated rings. The molecular weight excluding hydrogens is 282 g/mol. The molecule has 0 aliphatic rings. The van der Waals surface area contributed by atoms with E-state index < -0.39 is 11.7 Å². The van der Waals surface area contributed by atoms with Crippen LogP contribution in [-0.2, 0) is 11.3 Å². The second kappa shape index (κ2) is 6.26. The summed E-state index contributed by atoms with van der Waals surface area (Å²) in [6.45, 7) is 5.63. The van der Waals surface area contributed by atoms with Crippen LogP contribution < -0.4 is 5.32 Å². The van der Waals surface area contributed by atoms with Crippen molar-refractivity contribution in [3.05, 3.63) is 41.7 Å². The van der Waals surface area contributed by atoms with Crippen LogP contribution in [0.2, 0.25) is 0 Å². The SMILES string of the molecule is CC(C)(C)OC(=O)NCc1cn(-c2ccc(C#N)cc2)nn1. The van der Waals surface area contributed by atoms with Gasteiger partial charge in [-0.2, -0.15) is 5.26 Å². The number of hydrogen-bond donors (Lipinski definition) is 1. The molecular formula is C15H17N5O2. The summed E-state index contributed by atoms with van der Waals surface area (Å²) >= 11 is 0. The highest BCUT2D eigenvalue weighted by Crippen LogP contribution is 2.09. The minimum Gasteiger partial charge on any atom is -0.444 e. The quantitative estimate of drug-likeness (QED) is 0.937. The molecule has 0 aliphatic carbocycles. The van der Waals surface area contributed by atoms with Gasteiger partial charge in [-0.25, -0.2) is 9.48 Å². The molecule has 0 atom stereocenters. The summed E-state index contributed by atoms with van der Waals surface area (Å²) in [5.41, 5.74) is 1.44. The third-order valence-electron chi connectivity index (χ3n) is 2.61. The third kappa shape index (κ3) is 4.31. The fraction of sp³-hybridized carbons (Fsp3) is 0.333. The normalized spacial score (nSPS) is 10.8. The summed E-state index contributed by atoms with van der Waals surface area (Å²) in [4.78, 5) is 11.6. The minimum atomic E-state index is -0.538. The maximum atomic E-state index is 11.6. The molecule has 1 aromatic carbocycles. The number of amides is 1. The molecule has 2 rings (SSSR count). The smallest absolute Gasteiger partial charge is 0.407 e. The Morgan fingerprint density at radius 3 is 2.64 bits per heavy atom. The van der Waals surface area contributed by atoms with E-state index >= 15 is 0 Å². The molecule has 0 saturated heterocycles. The van der Waals surface area contributed by atoms with E-state index in [-0.39, 0.29) is 6.54 Å². The van der Waals surface area contributed by atoms with Crippen molar-refractivity contribution in [2.24, 2.45) is 0 Å². The van der Waals surface area contributed by atoms with Crippen molar-refractivity contribution in [1.29, 1.82) is 5.26 Å². The zero-order chi connectivity index (χ0) is 16.2. The van der Waals surface area contributed by atoms with Crippen LogP contribution in [0, 0.1) is 11.3 Å². The molecule has 0 unspecified atom stereocenters. The van der Waals surface area contributed by atoms with Crippen molar-refractivity contribution in [1.82, 2.24) is 20.3 Å². The monoisotopic (exact) mass is 299 g/mol. The molecule has 0 aliphatic heterocycles. The van der Waals surface area contributed by atoms with E-state index in [4.69, 9.17) is 10.00 Å². The standard InChI is InChI=1S/C15H17N5O2/c1-15(2,3)22-14(21)17-9-12-10-20(19-18-12)13-6-4-11(8-16)5-7-13/h4-7,10H,9H2,1-3H3,(H,17,21). The van der Waals surface area contributed by atoms with Gasteiger partial charge in [0.15, 0.2) is 0 Å². The lowest BCUT2D eigenvalue weighted by atomic mass is 10.2. The van der Waals surface area contributed by atoms with Gasteiger partial charge >= 0.3 is 6.09 Å². The van der Waals surface area contributed by atoms with Crippen molar-refractivity contribution in [2.75, 3.05) is 0 Å². The first kappa shape index (κ1) is 15.5. The highest BCUT2D eigenvalue weighted by molar-refractivity contribution is 5.67. The van der Waals surface area contributed by atoms with Crippen LogP contribution in [0.5, 0.6) is 0 Å². The number of aromatic nitrogens is 3. The Bertz CT molecular complexity index is 692. The van der Waals surface area contributed by atoms with Crippen molar-refractivity contribution in [2.45, 2.75) is 32.9 Å². The zero-order valence-corrected chi connectivity index (χ0v) is 12.7. The number of nitriles is 1. The number of carbonyl (C=O) groups is 1. The second-order valence-corrected chi connectivity index (χ2v) is 5.67. The number of alkyl carbamates (subject to hydrolysis) is 1. The molecule has 1 heterocycles. The lowest BCUT2D eigenvalue weighted by Crippen LogP contribution is -2.32. The number of hydrogen-bond acceptors (Lipinski definition) is 5. The van der Waals surface area contributed by atoms with Gasteiger partial charge in [0.25, 0.3) is 0 Å². The Kier molecular flexibility index (Phi) is 4.41. The van der Waals surface area contributed by atoms with E-state index in [1.807, 2.05) is 0 Å². The largest absolute Gasteiger partial charge is 0.444 e. The highest BCUT2D eigenvalue weighted by Gasteiger charge is 2.16. The van der Waals surface area contributed by atoms with Gasteiger partial charge in [-0.1, -0.05) is 5.21 Å². The zero-order valence-electron chi connectivity index (χ0n) is 12.7. The number of carbonyl (C=O) groups excluding carboxylic acids is 1. The Labute approximate surface area is 128 Å². The summed E-state index contributed by atoms with van der Waals surface area (Å²) in [5.74, 6) is 0. The van der Waals surface area contributed by atoms with Gasteiger partial charge in [-0.3, -0.25) is 0 Å². The Morgan fingerprint density at radius 1 is 1.36 bits per heavy atom. The van der Waals surface area contributed by atoms with Gasteiger partial charge in [0.05, 0.1) is 30.1 Å². The van der Waals surface area contributed by atoms with E-state index in [0.717, 1.165) is 5.69 Å². The Hall–Kier alpha value is -2.88. The van der Waals surface area contributed by atoms with Gasteiger partial charge in [0, 0.05) is 0 Å². The van der Waals surface area contributed by atoms with Crippen molar-refractivity contribution in [3.63, 3.8) is 0 Å². The van der Waals surface area contributed by atoms with Crippen LogP contribution in [0.25, 0.3) is 5.69 Å². The van der Waals surface area contributed by atoms with Crippen LogP contribution in [0.4, 0.5) is 4.79 Å². The Balaban J connectivity index is 1.97. The molecule has 22 heavy (non-hydrogen) atoms. The van der Waals surface area contributed by atoms with Gasteiger partial charge < -0.3 is 10.1 Å². The molecule has 1 N–H and O–H groups in total. The summed E-state index contributed by atoms with van der Waals surface area (Å²) in [5, 5.41) is 19.4. The van der Waals surface area contributed by atoms with Crippen LogP contribution >= 0.6 is 0 Å². The summed E-state index contributed by atoms with van der Waals surface area (Å²) in [6, 6.07) is 9.02. The van der Waals surface area contributed by atoms with Crippen molar-refractivity contribution < 1.29 is 9.53 Å². The predicted molar refractivity (Wildman–Crippen MR) is 79.1 cm³/mol. The fourth-order valence-corrected chi connectivity index (χ4v) is 1.67. The average Bonchev–Trinajstić information content (AvgIpc) is 2.92. The van der Waals surface area contributed by atoms with Crippen LogP contribution in [0.3, 0.4) is 0 Å². The fourth-order valence-electron chi connectivity index (χ4n) is 1.67. The molecule has 7 nitrogen and oxygen atoms in total. The molecule has 1 amide bonds. The van der Waals surface area contributed by atoms with E-state index in [0.29, 0.717) is 11.3 Å². The van der Waals surface area contributed by atoms with Gasteiger partial charge in [-0.05, 0) is 45.0 Å². The van der Waals surface area contributed by atoms with E-state index in [2.05, 4.69) is 21.7 Å². The number of ether oxygens (including phenoxy) is 1. The van der Waals surface area contributed by atoms with E-state index in [1.165, 1.54) is 0 Å². The summed E-state index contributed by atoms with van der Waals surface area (Å²) < 4.78 is 6.72. The van der Waals surface area contributed by atoms with Crippen LogP contribution in [0.1, 0.15) is 32.0 Å². The first-order valence-electron chi connectivity index (χ1n) is 6.76.